The van der Waals surface area contributed by atoms with Gasteiger partial charge in [-0.15, -0.1) is 0 Å². The predicted octanol–water partition coefficient (Wildman–Crippen LogP) is 8.20. The van der Waals surface area contributed by atoms with Crippen LogP contribution in [-0.4, -0.2) is 11.3 Å². The summed E-state index contributed by atoms with van der Waals surface area (Å²) >= 11 is 0. The number of rotatable bonds is 3. The van der Waals surface area contributed by atoms with Crippen LogP contribution in [0.4, 0.5) is 0 Å². The van der Waals surface area contributed by atoms with E-state index in [1.807, 2.05) is 12.1 Å². The van der Waals surface area contributed by atoms with Crippen LogP contribution in [0.5, 0.6) is 0 Å². The molecule has 7 rings (SSSR count). The Morgan fingerprint density at radius 3 is 2.29 bits per heavy atom. The zero-order valence-corrected chi connectivity index (χ0v) is 19.4. The molecule has 168 valence electrons. The maximum Gasteiger partial charge on any atom is 0.131 e. The lowest BCUT2D eigenvalue weighted by molar-refractivity contribution is -0.108. The van der Waals surface area contributed by atoms with Crippen molar-refractivity contribution in [3.8, 4) is 0 Å². The van der Waals surface area contributed by atoms with E-state index in [-0.39, 0.29) is 11.8 Å². The lowest BCUT2D eigenvalue weighted by Gasteiger charge is -2.29. The number of aldehydes is 1. The van der Waals surface area contributed by atoms with Crippen LogP contribution < -0.4 is 0 Å². The van der Waals surface area contributed by atoms with E-state index in [1.54, 1.807) is 0 Å². The Morgan fingerprint density at radius 2 is 1.46 bits per heavy atom. The number of fused-ring (bicyclic) bond motifs is 8. The lowest BCUT2D eigenvalue weighted by atomic mass is 9.75. The molecule has 6 aromatic rings. The van der Waals surface area contributed by atoms with Crippen LogP contribution in [0.1, 0.15) is 35.1 Å². The van der Waals surface area contributed by atoms with Crippen molar-refractivity contribution >= 4 is 49.5 Å². The van der Waals surface area contributed by atoms with Crippen molar-refractivity contribution in [3.05, 3.63) is 120 Å². The van der Waals surface area contributed by atoms with Crippen LogP contribution >= 0.6 is 0 Å². The molecule has 5 aromatic carbocycles. The second-order valence-corrected chi connectivity index (χ2v) is 9.88. The highest BCUT2D eigenvalue weighted by molar-refractivity contribution is 6.17. The van der Waals surface area contributed by atoms with Gasteiger partial charge in [-0.1, -0.05) is 97.1 Å². The van der Waals surface area contributed by atoms with Crippen molar-refractivity contribution < 1.29 is 4.79 Å². The van der Waals surface area contributed by atoms with Gasteiger partial charge < -0.3 is 9.78 Å². The molecule has 0 aliphatic heterocycles. The molecule has 1 aliphatic carbocycles. The summed E-state index contributed by atoms with van der Waals surface area (Å²) in [5.74, 6) is 0.0422. The summed E-state index contributed by atoms with van der Waals surface area (Å²) in [4.78, 5) is 15.7. The molecule has 1 heterocycles. The normalized spacial score (nSPS) is 17.9. The summed E-state index contributed by atoms with van der Waals surface area (Å²) in [6.07, 6.45) is 2.79. The van der Waals surface area contributed by atoms with Gasteiger partial charge in [-0.3, -0.25) is 0 Å². The Morgan fingerprint density at radius 1 is 0.771 bits per heavy atom. The number of carbonyl (C=O) groups excluding carboxylic acids is 1. The second-order valence-electron chi connectivity index (χ2n) is 9.88. The van der Waals surface area contributed by atoms with Crippen LogP contribution in [0.15, 0.2) is 103 Å². The summed E-state index contributed by atoms with van der Waals surface area (Å²) < 4.78 is 0. The summed E-state index contributed by atoms with van der Waals surface area (Å²) in [7, 11) is 0. The first-order valence-electron chi connectivity index (χ1n) is 12.3. The van der Waals surface area contributed by atoms with Crippen molar-refractivity contribution in [3.63, 3.8) is 0 Å². The summed E-state index contributed by atoms with van der Waals surface area (Å²) in [6, 6.07) is 32.7. The van der Waals surface area contributed by atoms with Gasteiger partial charge in [-0.05, 0) is 62.4 Å². The van der Waals surface area contributed by atoms with E-state index in [1.165, 1.54) is 43.6 Å². The third kappa shape index (κ3) is 3.06. The number of hydrogen-bond donors (Lipinski definition) is 1. The summed E-state index contributed by atoms with van der Waals surface area (Å²) in [6.45, 7) is 4.32. The third-order valence-corrected chi connectivity index (χ3v) is 7.87. The van der Waals surface area contributed by atoms with Gasteiger partial charge in [0.2, 0.25) is 0 Å². The molecule has 0 amide bonds. The number of nitrogens with one attached hydrogen (secondary N) is 1. The Kier molecular flexibility index (Phi) is 4.44. The predicted molar refractivity (Wildman–Crippen MR) is 146 cm³/mol. The van der Waals surface area contributed by atoms with Crippen molar-refractivity contribution in [2.24, 2.45) is 0 Å². The molecule has 2 nitrogen and oxygen atoms in total. The minimum Gasteiger partial charge on any atom is -0.358 e. The number of aromatic amines is 1. The van der Waals surface area contributed by atoms with Gasteiger partial charge in [0.1, 0.15) is 6.29 Å². The molecule has 2 atom stereocenters. The smallest absolute Gasteiger partial charge is 0.131 e. The fraction of sp³-hybridized carbons (Fsp3) is 0.121. The largest absolute Gasteiger partial charge is 0.358 e. The zero-order chi connectivity index (χ0) is 23.5. The molecule has 0 saturated heterocycles. The van der Waals surface area contributed by atoms with E-state index in [0.717, 1.165) is 41.2 Å². The minimum atomic E-state index is -0.230. The maximum absolute atomic E-state index is 12.0. The minimum absolute atomic E-state index is 0.230. The van der Waals surface area contributed by atoms with Crippen LogP contribution in [0, 0.1) is 0 Å². The number of benzene rings is 5. The molecular formula is C33H25NO. The first kappa shape index (κ1) is 20.2. The molecule has 1 N–H and O–H groups in total. The molecule has 35 heavy (non-hydrogen) atoms. The fourth-order valence-electron chi connectivity index (χ4n) is 6.21. The van der Waals surface area contributed by atoms with Gasteiger partial charge in [0.05, 0.1) is 5.92 Å². The van der Waals surface area contributed by atoms with E-state index in [9.17, 15) is 4.79 Å². The molecule has 1 aromatic heterocycles. The maximum atomic E-state index is 12.0. The Balaban J connectivity index is 1.36. The molecule has 0 spiro atoms. The molecule has 0 fully saturated rings. The van der Waals surface area contributed by atoms with E-state index in [0.29, 0.717) is 0 Å². The molecule has 1 aliphatic rings. The third-order valence-electron chi connectivity index (χ3n) is 7.87. The SMILES string of the molecule is C=C1CC(Cc2ccc3ccc4c5ccccc5ccc4c3c2)c2[nH]c3ccccc3c2C1C=O. The molecule has 2 unspecified atom stereocenters. The number of aromatic nitrogens is 1. The van der Waals surface area contributed by atoms with E-state index < -0.39 is 0 Å². The van der Waals surface area contributed by atoms with Gasteiger partial charge in [0, 0.05) is 22.5 Å². The van der Waals surface area contributed by atoms with E-state index >= 15 is 0 Å². The number of allylic oxidation sites excluding steroid dienone is 1. The van der Waals surface area contributed by atoms with Crippen LogP contribution in [0.3, 0.4) is 0 Å². The van der Waals surface area contributed by atoms with Gasteiger partial charge in [-0.25, -0.2) is 0 Å². The van der Waals surface area contributed by atoms with Crippen molar-refractivity contribution in [2.75, 3.05) is 0 Å². The number of para-hydroxylation sites is 1. The summed E-state index contributed by atoms with van der Waals surface area (Å²) in [5, 5.41) is 8.85. The van der Waals surface area contributed by atoms with Crippen LogP contribution in [-0.2, 0) is 11.2 Å². The number of carbonyl (C=O) groups is 1. The Hall–Kier alpha value is -4.17. The number of H-pyrrole nitrogens is 1. The highest BCUT2D eigenvalue weighted by Crippen LogP contribution is 2.45. The monoisotopic (exact) mass is 451 g/mol. The average Bonchev–Trinajstić information content (AvgIpc) is 3.28. The lowest BCUT2D eigenvalue weighted by Crippen LogP contribution is -2.18. The zero-order valence-electron chi connectivity index (χ0n) is 19.4. The molecule has 0 saturated carbocycles. The molecule has 2 heteroatoms. The Bertz CT molecular complexity index is 1810. The van der Waals surface area contributed by atoms with Gasteiger partial charge >= 0.3 is 0 Å². The van der Waals surface area contributed by atoms with E-state index in [4.69, 9.17) is 0 Å². The highest BCUT2D eigenvalue weighted by atomic mass is 16.1. The topological polar surface area (TPSA) is 32.9 Å². The molecular weight excluding hydrogens is 426 g/mol. The summed E-state index contributed by atoms with van der Waals surface area (Å²) in [5.41, 5.74) is 5.74. The first-order chi connectivity index (χ1) is 17.2. The average molecular weight is 452 g/mol. The van der Waals surface area contributed by atoms with Gasteiger partial charge in [0.25, 0.3) is 0 Å². The quantitative estimate of drug-likeness (QED) is 0.164. The van der Waals surface area contributed by atoms with Crippen molar-refractivity contribution in [2.45, 2.75) is 24.7 Å². The van der Waals surface area contributed by atoms with E-state index in [2.05, 4.69) is 90.4 Å². The van der Waals surface area contributed by atoms with Gasteiger partial charge in [-0.2, -0.15) is 0 Å². The number of hydrogen-bond acceptors (Lipinski definition) is 1. The van der Waals surface area contributed by atoms with Crippen LogP contribution in [0.25, 0.3) is 43.2 Å². The molecule has 0 radical (unpaired) electrons. The van der Waals surface area contributed by atoms with Crippen molar-refractivity contribution in [1.82, 2.24) is 4.98 Å². The van der Waals surface area contributed by atoms with Gasteiger partial charge in [0.15, 0.2) is 0 Å². The van der Waals surface area contributed by atoms with Crippen molar-refractivity contribution in [1.29, 1.82) is 0 Å². The second kappa shape index (κ2) is 7.68. The highest BCUT2D eigenvalue weighted by Gasteiger charge is 2.33. The Labute approximate surface area is 203 Å². The fourth-order valence-corrected chi connectivity index (χ4v) is 6.21. The van der Waals surface area contributed by atoms with Crippen LogP contribution in [0.2, 0.25) is 0 Å². The standard InChI is InChI=1S/C33H25NO/c1-20-16-24(33-32(30(20)19-35)28-8-4-5-9-31(28)34-33)17-21-10-11-23-13-14-26-25-7-3-2-6-22(25)12-15-27(26)29(23)18-21/h2-15,18-19,24,30,34H,1,16-17H2. The first-order valence-corrected chi connectivity index (χ1v) is 12.3. The molecule has 0 bridgehead atoms.